The Morgan fingerprint density at radius 2 is 2.25 bits per heavy atom. The molecule has 0 radical (unpaired) electrons. The average molecular weight is 345 g/mol. The van der Waals surface area contributed by atoms with E-state index < -0.39 is 0 Å². The Morgan fingerprint density at radius 3 is 3.04 bits per heavy atom. The molecule has 2 aromatic heterocycles. The number of nitrogens with zero attached hydrogens (tertiary/aromatic N) is 2. The zero-order valence-electron chi connectivity index (χ0n) is 13.4. The third-order valence-electron chi connectivity index (χ3n) is 4.63. The fourth-order valence-electron chi connectivity index (χ4n) is 3.37. The number of carbonyl (C=O) groups excluding carboxylic acids is 1. The molecule has 7 heteroatoms. The summed E-state index contributed by atoms with van der Waals surface area (Å²) in [5.41, 5.74) is 1.95. The number of amides is 1. The molecule has 4 rings (SSSR count). The van der Waals surface area contributed by atoms with E-state index in [-0.39, 0.29) is 23.6 Å². The van der Waals surface area contributed by atoms with E-state index in [2.05, 4.69) is 10.4 Å². The lowest BCUT2D eigenvalue weighted by Crippen LogP contribution is -2.44. The molecule has 126 valence electrons. The van der Waals surface area contributed by atoms with Crippen LogP contribution in [0.5, 0.6) is 0 Å². The molecule has 1 fully saturated rings. The first-order chi connectivity index (χ1) is 11.6. The second-order valence-electron chi connectivity index (χ2n) is 6.35. The maximum absolute atomic E-state index is 12.4. The van der Waals surface area contributed by atoms with Crippen molar-refractivity contribution in [2.75, 3.05) is 13.2 Å². The van der Waals surface area contributed by atoms with Gasteiger partial charge in [0, 0.05) is 10.9 Å². The Bertz CT molecular complexity index is 842. The molecule has 24 heavy (non-hydrogen) atoms. The van der Waals surface area contributed by atoms with Crippen LogP contribution in [0.15, 0.2) is 23.0 Å². The van der Waals surface area contributed by atoms with Gasteiger partial charge in [-0.15, -0.1) is 11.3 Å². The van der Waals surface area contributed by atoms with Gasteiger partial charge in [-0.1, -0.05) is 0 Å². The van der Waals surface area contributed by atoms with Gasteiger partial charge in [0.2, 0.25) is 0 Å². The molecule has 0 saturated carbocycles. The van der Waals surface area contributed by atoms with E-state index in [1.54, 1.807) is 6.07 Å². The van der Waals surface area contributed by atoms with Gasteiger partial charge < -0.3 is 10.1 Å². The van der Waals surface area contributed by atoms with Crippen LogP contribution in [-0.4, -0.2) is 34.9 Å². The SMILES string of the molecule is Cc1ccc(C(=O)NC2COCC2n2nc3c(cc2=O)CCC3)s1. The van der Waals surface area contributed by atoms with Gasteiger partial charge in [0.15, 0.2) is 0 Å². The summed E-state index contributed by atoms with van der Waals surface area (Å²) in [5, 5.41) is 7.54. The number of hydrogen-bond donors (Lipinski definition) is 1. The van der Waals surface area contributed by atoms with E-state index in [4.69, 9.17) is 4.74 Å². The quantitative estimate of drug-likeness (QED) is 0.914. The van der Waals surface area contributed by atoms with Crippen molar-refractivity contribution in [2.45, 2.75) is 38.3 Å². The predicted octanol–water partition coefficient (Wildman–Crippen LogP) is 1.47. The minimum Gasteiger partial charge on any atom is -0.377 e. The zero-order valence-corrected chi connectivity index (χ0v) is 14.3. The summed E-state index contributed by atoms with van der Waals surface area (Å²) < 4.78 is 7.03. The minimum absolute atomic E-state index is 0.114. The molecule has 0 bridgehead atoms. The van der Waals surface area contributed by atoms with Crippen LogP contribution in [0.3, 0.4) is 0 Å². The summed E-state index contributed by atoms with van der Waals surface area (Å²) in [4.78, 5) is 26.6. The average Bonchev–Trinajstić information content (AvgIpc) is 3.27. The number of rotatable bonds is 3. The molecule has 1 N–H and O–H groups in total. The summed E-state index contributed by atoms with van der Waals surface area (Å²) in [6.45, 7) is 2.75. The van der Waals surface area contributed by atoms with Crippen LogP contribution >= 0.6 is 11.3 Å². The van der Waals surface area contributed by atoms with Gasteiger partial charge in [0.1, 0.15) is 6.04 Å². The van der Waals surface area contributed by atoms with Gasteiger partial charge in [-0.05, 0) is 43.9 Å². The number of fused-ring (bicyclic) bond motifs is 1. The molecular weight excluding hydrogens is 326 g/mol. The largest absolute Gasteiger partial charge is 0.377 e. The molecule has 0 spiro atoms. The van der Waals surface area contributed by atoms with Crippen molar-refractivity contribution in [2.24, 2.45) is 0 Å². The summed E-state index contributed by atoms with van der Waals surface area (Å²) in [7, 11) is 0. The van der Waals surface area contributed by atoms with Crippen LogP contribution in [-0.2, 0) is 17.6 Å². The van der Waals surface area contributed by atoms with E-state index in [0.717, 1.165) is 35.4 Å². The molecule has 1 saturated heterocycles. The Kier molecular flexibility index (Phi) is 3.97. The van der Waals surface area contributed by atoms with Gasteiger partial charge >= 0.3 is 0 Å². The molecule has 1 aliphatic carbocycles. The van der Waals surface area contributed by atoms with Crippen molar-refractivity contribution in [1.29, 1.82) is 0 Å². The Labute approximate surface area is 143 Å². The number of thiophene rings is 1. The number of carbonyl (C=O) groups is 1. The third kappa shape index (κ3) is 2.78. The van der Waals surface area contributed by atoms with E-state index in [1.807, 2.05) is 19.1 Å². The maximum atomic E-state index is 12.4. The van der Waals surface area contributed by atoms with Crippen LogP contribution in [0.2, 0.25) is 0 Å². The zero-order chi connectivity index (χ0) is 16.7. The fraction of sp³-hybridized carbons (Fsp3) is 0.471. The Hall–Kier alpha value is -1.99. The number of hydrogen-bond acceptors (Lipinski definition) is 5. The molecule has 3 heterocycles. The smallest absolute Gasteiger partial charge is 0.267 e. The highest BCUT2D eigenvalue weighted by Crippen LogP contribution is 2.22. The van der Waals surface area contributed by atoms with E-state index in [1.165, 1.54) is 16.0 Å². The number of nitrogens with one attached hydrogen (secondary N) is 1. The molecule has 2 unspecified atom stereocenters. The van der Waals surface area contributed by atoms with Crippen LogP contribution in [0, 0.1) is 6.92 Å². The monoisotopic (exact) mass is 345 g/mol. The highest BCUT2D eigenvalue weighted by atomic mass is 32.1. The topological polar surface area (TPSA) is 73.2 Å². The second kappa shape index (κ2) is 6.14. The predicted molar refractivity (Wildman–Crippen MR) is 90.7 cm³/mol. The summed E-state index contributed by atoms with van der Waals surface area (Å²) in [6.07, 6.45) is 2.89. The lowest BCUT2D eigenvalue weighted by atomic mass is 10.1. The summed E-state index contributed by atoms with van der Waals surface area (Å²) in [5.74, 6) is -0.122. The van der Waals surface area contributed by atoms with Crippen molar-refractivity contribution in [3.63, 3.8) is 0 Å². The standard InChI is InChI=1S/C17H19N3O3S/c1-10-5-6-15(24-10)17(22)18-13-8-23-9-14(13)20-16(21)7-11-3-2-4-12(11)19-20/h5-7,13-14H,2-4,8-9H2,1H3,(H,18,22). The van der Waals surface area contributed by atoms with Crippen molar-refractivity contribution in [3.05, 3.63) is 49.6 Å². The Morgan fingerprint density at radius 1 is 1.38 bits per heavy atom. The van der Waals surface area contributed by atoms with Crippen LogP contribution < -0.4 is 10.9 Å². The molecule has 6 nitrogen and oxygen atoms in total. The van der Waals surface area contributed by atoms with Crippen molar-refractivity contribution in [1.82, 2.24) is 15.1 Å². The molecule has 1 aliphatic heterocycles. The van der Waals surface area contributed by atoms with Crippen LogP contribution in [0.25, 0.3) is 0 Å². The van der Waals surface area contributed by atoms with Crippen LogP contribution in [0.4, 0.5) is 0 Å². The van der Waals surface area contributed by atoms with E-state index in [9.17, 15) is 9.59 Å². The highest BCUT2D eigenvalue weighted by molar-refractivity contribution is 7.13. The van der Waals surface area contributed by atoms with Crippen molar-refractivity contribution in [3.8, 4) is 0 Å². The molecule has 2 aliphatic rings. The number of aryl methyl sites for hydroxylation is 3. The number of aromatic nitrogens is 2. The molecule has 1 amide bonds. The first kappa shape index (κ1) is 15.5. The lowest BCUT2D eigenvalue weighted by Gasteiger charge is -2.20. The van der Waals surface area contributed by atoms with Gasteiger partial charge in [-0.25, -0.2) is 4.68 Å². The van der Waals surface area contributed by atoms with Gasteiger partial charge in [-0.3, -0.25) is 9.59 Å². The summed E-state index contributed by atoms with van der Waals surface area (Å²) in [6, 6.07) is 4.93. The van der Waals surface area contributed by atoms with Crippen molar-refractivity contribution < 1.29 is 9.53 Å². The molecule has 2 atom stereocenters. The molecular formula is C17H19N3O3S. The minimum atomic E-state index is -0.256. The maximum Gasteiger partial charge on any atom is 0.267 e. The second-order valence-corrected chi connectivity index (χ2v) is 7.64. The van der Waals surface area contributed by atoms with Crippen molar-refractivity contribution >= 4 is 17.2 Å². The first-order valence-corrected chi connectivity index (χ1v) is 9.00. The van der Waals surface area contributed by atoms with E-state index in [0.29, 0.717) is 18.1 Å². The van der Waals surface area contributed by atoms with E-state index >= 15 is 0 Å². The molecule has 2 aromatic rings. The Balaban J connectivity index is 1.57. The fourth-order valence-corrected chi connectivity index (χ4v) is 4.14. The van der Waals surface area contributed by atoms with Gasteiger partial charge in [-0.2, -0.15) is 5.10 Å². The lowest BCUT2D eigenvalue weighted by molar-refractivity contribution is 0.0928. The van der Waals surface area contributed by atoms with Crippen LogP contribution in [0.1, 0.15) is 38.3 Å². The number of ether oxygens (including phenoxy) is 1. The first-order valence-electron chi connectivity index (χ1n) is 8.18. The normalized spacial score (nSPS) is 22.5. The highest BCUT2D eigenvalue weighted by Gasteiger charge is 2.33. The van der Waals surface area contributed by atoms with Gasteiger partial charge in [0.25, 0.3) is 11.5 Å². The molecule has 0 aromatic carbocycles. The summed E-state index contributed by atoms with van der Waals surface area (Å²) >= 11 is 1.46. The third-order valence-corrected chi connectivity index (χ3v) is 5.63. The van der Waals surface area contributed by atoms with Gasteiger partial charge in [0.05, 0.1) is 29.8 Å².